The van der Waals surface area contributed by atoms with Gasteiger partial charge in [0.05, 0.1) is 5.69 Å². The highest BCUT2D eigenvalue weighted by Gasteiger charge is 2.16. The van der Waals surface area contributed by atoms with Gasteiger partial charge in [0.2, 0.25) is 0 Å². The Kier molecular flexibility index (Phi) is 4.13. The summed E-state index contributed by atoms with van der Waals surface area (Å²) in [5, 5.41) is 22.9. The smallest absolute Gasteiger partial charge is 0.200 e. The molecule has 0 aliphatic rings. The molecule has 6 heteroatoms. The van der Waals surface area contributed by atoms with E-state index in [1.165, 1.54) is 0 Å². The zero-order valence-corrected chi connectivity index (χ0v) is 11.7. The molecule has 104 valence electrons. The normalized spacial score (nSPS) is 12.2. The fourth-order valence-electron chi connectivity index (χ4n) is 1.99. The Morgan fingerprint density at radius 3 is 2.85 bits per heavy atom. The van der Waals surface area contributed by atoms with Crippen molar-refractivity contribution in [2.45, 2.75) is 20.1 Å². The van der Waals surface area contributed by atoms with E-state index in [4.69, 9.17) is 10.00 Å². The molecule has 2 aromatic heterocycles. The first-order valence-electron chi connectivity index (χ1n) is 6.27. The van der Waals surface area contributed by atoms with Crippen molar-refractivity contribution in [1.82, 2.24) is 14.8 Å². The van der Waals surface area contributed by atoms with Gasteiger partial charge in [-0.1, -0.05) is 0 Å². The lowest BCUT2D eigenvalue weighted by atomic mass is 10.1. The van der Waals surface area contributed by atoms with Crippen molar-refractivity contribution in [2.75, 3.05) is 6.61 Å². The molecule has 2 heterocycles. The first-order valence-corrected chi connectivity index (χ1v) is 6.27. The predicted molar refractivity (Wildman–Crippen MR) is 72.5 cm³/mol. The second-order valence-corrected chi connectivity index (χ2v) is 4.38. The van der Waals surface area contributed by atoms with Crippen LogP contribution < -0.4 is 0 Å². The lowest BCUT2D eigenvalue weighted by molar-refractivity contribution is -0.101. The average molecular weight is 272 g/mol. The van der Waals surface area contributed by atoms with Crippen LogP contribution in [0.15, 0.2) is 18.3 Å². The third kappa shape index (κ3) is 2.69. The Hall–Kier alpha value is -2.23. The van der Waals surface area contributed by atoms with Crippen molar-refractivity contribution in [2.24, 2.45) is 7.05 Å². The van der Waals surface area contributed by atoms with E-state index in [2.05, 4.69) is 10.1 Å². The predicted octanol–water partition coefficient (Wildman–Crippen LogP) is 1.69. The maximum atomic E-state index is 9.80. The van der Waals surface area contributed by atoms with Gasteiger partial charge in [-0.25, -0.2) is 4.98 Å². The van der Waals surface area contributed by atoms with Gasteiger partial charge >= 0.3 is 0 Å². The van der Waals surface area contributed by atoms with Crippen molar-refractivity contribution in [1.29, 1.82) is 5.26 Å². The molecule has 0 radical (unpaired) electrons. The van der Waals surface area contributed by atoms with E-state index in [1.807, 2.05) is 19.9 Å². The summed E-state index contributed by atoms with van der Waals surface area (Å²) in [6.07, 6.45) is 0.605. The highest BCUT2D eigenvalue weighted by Crippen LogP contribution is 2.25. The van der Waals surface area contributed by atoms with Gasteiger partial charge in [0.1, 0.15) is 17.5 Å². The number of ether oxygens (including phenoxy) is 1. The van der Waals surface area contributed by atoms with Crippen LogP contribution in [0.4, 0.5) is 0 Å². The number of aliphatic hydroxyl groups is 1. The SMILES string of the molecule is CCOC(O)c1cc(-c2cnc(C#N)cc2C)n(C)n1. The molecular formula is C14H16N4O2. The van der Waals surface area contributed by atoms with Crippen LogP contribution in [0.5, 0.6) is 0 Å². The molecule has 0 fully saturated rings. The minimum atomic E-state index is -1.04. The fraction of sp³-hybridized carbons (Fsp3) is 0.357. The Balaban J connectivity index is 2.41. The van der Waals surface area contributed by atoms with Gasteiger partial charge in [0, 0.05) is 25.4 Å². The van der Waals surface area contributed by atoms with E-state index in [0.717, 1.165) is 16.8 Å². The summed E-state index contributed by atoms with van der Waals surface area (Å²) in [5.74, 6) is 0. The topological polar surface area (TPSA) is 84.0 Å². The van der Waals surface area contributed by atoms with Crippen molar-refractivity contribution in [3.63, 3.8) is 0 Å². The molecule has 0 aromatic carbocycles. The van der Waals surface area contributed by atoms with E-state index in [0.29, 0.717) is 18.0 Å². The lowest BCUT2D eigenvalue weighted by Crippen LogP contribution is -2.04. The maximum Gasteiger partial charge on any atom is 0.200 e. The Labute approximate surface area is 117 Å². The van der Waals surface area contributed by atoms with Gasteiger partial charge in [-0.2, -0.15) is 10.4 Å². The van der Waals surface area contributed by atoms with Crippen molar-refractivity contribution < 1.29 is 9.84 Å². The minimum Gasteiger partial charge on any atom is -0.363 e. The molecule has 0 saturated carbocycles. The molecule has 0 saturated heterocycles. The second kappa shape index (κ2) is 5.82. The van der Waals surface area contributed by atoms with Crippen LogP contribution in [0.1, 0.15) is 30.2 Å². The third-order valence-corrected chi connectivity index (χ3v) is 2.98. The number of aliphatic hydroxyl groups excluding tert-OH is 1. The van der Waals surface area contributed by atoms with Crippen molar-refractivity contribution in [3.8, 4) is 17.3 Å². The summed E-state index contributed by atoms with van der Waals surface area (Å²) in [6, 6.07) is 5.49. The third-order valence-electron chi connectivity index (χ3n) is 2.98. The lowest BCUT2D eigenvalue weighted by Gasteiger charge is -2.05. The summed E-state index contributed by atoms with van der Waals surface area (Å²) in [4.78, 5) is 4.07. The largest absolute Gasteiger partial charge is 0.363 e. The molecule has 2 aromatic rings. The van der Waals surface area contributed by atoms with Crippen molar-refractivity contribution in [3.05, 3.63) is 35.3 Å². The van der Waals surface area contributed by atoms with Gasteiger partial charge in [-0.3, -0.25) is 4.68 Å². The molecular weight excluding hydrogens is 256 g/mol. The number of aromatic nitrogens is 3. The highest BCUT2D eigenvalue weighted by atomic mass is 16.6. The molecule has 0 bridgehead atoms. The van der Waals surface area contributed by atoms with Crippen LogP contribution in [-0.2, 0) is 11.8 Å². The van der Waals surface area contributed by atoms with E-state index in [9.17, 15) is 5.11 Å². The zero-order chi connectivity index (χ0) is 14.7. The van der Waals surface area contributed by atoms with Gasteiger partial charge in [-0.05, 0) is 31.5 Å². The first-order chi connectivity index (χ1) is 9.56. The Bertz CT molecular complexity index is 658. The van der Waals surface area contributed by atoms with E-state index in [-0.39, 0.29) is 0 Å². The monoisotopic (exact) mass is 272 g/mol. The standard InChI is InChI=1S/C14H16N4O2/c1-4-20-14(19)12-6-13(18(3)17-12)11-8-16-10(7-15)5-9(11)2/h5-6,8,14,19H,4H2,1-3H3. The average Bonchev–Trinajstić information content (AvgIpc) is 2.81. The number of nitrogens with zero attached hydrogens (tertiary/aromatic N) is 4. The van der Waals surface area contributed by atoms with Crippen LogP contribution in [-0.4, -0.2) is 26.5 Å². The molecule has 0 aliphatic carbocycles. The molecule has 0 aliphatic heterocycles. The molecule has 2 rings (SSSR count). The number of aryl methyl sites for hydroxylation is 2. The number of nitriles is 1. The molecule has 6 nitrogen and oxygen atoms in total. The second-order valence-electron chi connectivity index (χ2n) is 4.38. The number of rotatable bonds is 4. The van der Waals surface area contributed by atoms with Gasteiger partial charge in [0.25, 0.3) is 0 Å². The quantitative estimate of drug-likeness (QED) is 0.856. The van der Waals surface area contributed by atoms with Crippen LogP contribution in [0.2, 0.25) is 0 Å². The number of pyridine rings is 1. The summed E-state index contributed by atoms with van der Waals surface area (Å²) in [7, 11) is 1.79. The van der Waals surface area contributed by atoms with Crippen LogP contribution >= 0.6 is 0 Å². The molecule has 20 heavy (non-hydrogen) atoms. The molecule has 1 unspecified atom stereocenters. The van der Waals surface area contributed by atoms with E-state index in [1.54, 1.807) is 30.1 Å². The molecule has 0 amide bonds. The highest BCUT2D eigenvalue weighted by molar-refractivity contribution is 5.63. The van der Waals surface area contributed by atoms with Crippen molar-refractivity contribution >= 4 is 0 Å². The fourth-order valence-corrected chi connectivity index (χ4v) is 1.99. The zero-order valence-electron chi connectivity index (χ0n) is 11.7. The summed E-state index contributed by atoms with van der Waals surface area (Å²) >= 11 is 0. The summed E-state index contributed by atoms with van der Waals surface area (Å²) in [6.45, 7) is 4.12. The van der Waals surface area contributed by atoms with E-state index < -0.39 is 6.29 Å². The minimum absolute atomic E-state index is 0.378. The van der Waals surface area contributed by atoms with Gasteiger partial charge < -0.3 is 9.84 Å². The number of hydrogen-bond acceptors (Lipinski definition) is 5. The Morgan fingerprint density at radius 1 is 1.50 bits per heavy atom. The van der Waals surface area contributed by atoms with Gasteiger partial charge in [-0.15, -0.1) is 0 Å². The molecule has 0 spiro atoms. The number of hydrogen-bond donors (Lipinski definition) is 1. The van der Waals surface area contributed by atoms with Gasteiger partial charge in [0.15, 0.2) is 6.29 Å². The van der Waals surface area contributed by atoms with Crippen LogP contribution in [0.3, 0.4) is 0 Å². The maximum absolute atomic E-state index is 9.80. The Morgan fingerprint density at radius 2 is 2.25 bits per heavy atom. The van der Waals surface area contributed by atoms with E-state index >= 15 is 0 Å². The molecule has 1 atom stereocenters. The van der Waals surface area contributed by atoms with Crippen LogP contribution in [0.25, 0.3) is 11.3 Å². The summed E-state index contributed by atoms with van der Waals surface area (Å²) in [5.41, 5.74) is 3.44. The summed E-state index contributed by atoms with van der Waals surface area (Å²) < 4.78 is 6.78. The first kappa shape index (κ1) is 14.2. The van der Waals surface area contributed by atoms with Crippen LogP contribution in [0, 0.1) is 18.3 Å². The molecule has 1 N–H and O–H groups in total.